The van der Waals surface area contributed by atoms with Crippen molar-refractivity contribution in [3.63, 3.8) is 0 Å². The van der Waals surface area contributed by atoms with E-state index in [9.17, 15) is 19.5 Å². The number of thiophene rings is 2. The Balaban J connectivity index is 1.92. The number of carboxylic acids is 1. The first-order valence-electron chi connectivity index (χ1n) is 7.70. The van der Waals surface area contributed by atoms with Crippen LogP contribution >= 0.6 is 22.7 Å². The Bertz CT molecular complexity index is 999. The molecule has 0 spiro atoms. The molecule has 0 unspecified atom stereocenters. The molecular weight excluding hydrogens is 370 g/mol. The molecule has 2 N–H and O–H groups in total. The van der Waals surface area contributed by atoms with E-state index < -0.39 is 5.97 Å². The lowest BCUT2D eigenvalue weighted by molar-refractivity contribution is 0.0703. The smallest absolute Gasteiger partial charge is 0.348 e. The van der Waals surface area contributed by atoms with Gasteiger partial charge in [0.1, 0.15) is 4.88 Å². The van der Waals surface area contributed by atoms with Crippen LogP contribution in [0.1, 0.15) is 42.2 Å². The maximum Gasteiger partial charge on any atom is 0.348 e. The van der Waals surface area contributed by atoms with Crippen LogP contribution in [0.2, 0.25) is 0 Å². The van der Waals surface area contributed by atoms with Gasteiger partial charge < -0.3 is 10.4 Å². The summed E-state index contributed by atoms with van der Waals surface area (Å²) in [6.45, 7) is 3.41. The average Bonchev–Trinajstić information content (AvgIpc) is 3.22. The third-order valence-corrected chi connectivity index (χ3v) is 5.92. The summed E-state index contributed by atoms with van der Waals surface area (Å²) in [7, 11) is 0. The van der Waals surface area contributed by atoms with Crippen LogP contribution < -0.4 is 5.32 Å². The monoisotopic (exact) mass is 385 g/mol. The van der Waals surface area contributed by atoms with Gasteiger partial charge >= 0.3 is 5.97 Å². The summed E-state index contributed by atoms with van der Waals surface area (Å²) in [6, 6.07) is 10.4. The number of ketones is 1. The van der Waals surface area contributed by atoms with Gasteiger partial charge in [-0.15, -0.1) is 22.7 Å². The minimum Gasteiger partial charge on any atom is -0.477 e. The van der Waals surface area contributed by atoms with Gasteiger partial charge in [-0.3, -0.25) is 9.59 Å². The number of carbonyl (C=O) groups excluding carboxylic acids is 2. The van der Waals surface area contributed by atoms with Crippen LogP contribution in [0.5, 0.6) is 0 Å². The summed E-state index contributed by atoms with van der Waals surface area (Å²) in [5.74, 6) is -1.52. The van der Waals surface area contributed by atoms with Crippen molar-refractivity contribution in [2.45, 2.75) is 13.8 Å². The lowest BCUT2D eigenvalue weighted by Crippen LogP contribution is -2.13. The molecule has 0 fully saturated rings. The Labute approximate surface area is 157 Å². The van der Waals surface area contributed by atoms with Gasteiger partial charge in [0.15, 0.2) is 5.78 Å². The normalized spacial score (nSPS) is 10.5. The zero-order chi connectivity index (χ0) is 18.8. The highest BCUT2D eigenvalue weighted by molar-refractivity contribution is 7.18. The van der Waals surface area contributed by atoms with Crippen molar-refractivity contribution in [2.24, 2.45) is 0 Å². The van der Waals surface area contributed by atoms with E-state index in [0.29, 0.717) is 15.3 Å². The van der Waals surface area contributed by atoms with Gasteiger partial charge in [0.2, 0.25) is 0 Å². The predicted molar refractivity (Wildman–Crippen MR) is 104 cm³/mol. The molecule has 132 valence electrons. The first-order valence-corrected chi connectivity index (χ1v) is 9.39. The number of aryl methyl sites for hydroxylation is 1. The molecule has 26 heavy (non-hydrogen) atoms. The number of benzene rings is 1. The maximum absolute atomic E-state index is 12.4. The second kappa shape index (κ2) is 7.23. The third kappa shape index (κ3) is 3.74. The van der Waals surface area contributed by atoms with Crippen molar-refractivity contribution in [2.75, 3.05) is 5.32 Å². The highest BCUT2D eigenvalue weighted by Crippen LogP contribution is 2.37. The van der Waals surface area contributed by atoms with Crippen molar-refractivity contribution >= 4 is 46.0 Å². The van der Waals surface area contributed by atoms with Crippen molar-refractivity contribution in [1.29, 1.82) is 0 Å². The Morgan fingerprint density at radius 1 is 1.08 bits per heavy atom. The first-order chi connectivity index (χ1) is 12.3. The summed E-state index contributed by atoms with van der Waals surface area (Å²) in [4.78, 5) is 36.8. The van der Waals surface area contributed by atoms with Crippen LogP contribution in [0.15, 0.2) is 41.8 Å². The Morgan fingerprint density at radius 2 is 1.77 bits per heavy atom. The number of anilines is 1. The van der Waals surface area contributed by atoms with E-state index in [1.807, 2.05) is 19.1 Å². The largest absolute Gasteiger partial charge is 0.477 e. The predicted octanol–water partition coefficient (Wildman–Crippen LogP) is 4.94. The molecular formula is C19H15NO4S2. The van der Waals surface area contributed by atoms with Crippen LogP contribution in [0.3, 0.4) is 0 Å². The molecule has 0 atom stereocenters. The molecule has 0 aliphatic heterocycles. The van der Waals surface area contributed by atoms with Crippen molar-refractivity contribution in [1.82, 2.24) is 0 Å². The second-order valence-electron chi connectivity index (χ2n) is 5.73. The number of hydrogen-bond donors (Lipinski definition) is 2. The highest BCUT2D eigenvalue weighted by atomic mass is 32.1. The Morgan fingerprint density at radius 3 is 2.35 bits per heavy atom. The molecule has 3 rings (SSSR count). The summed E-state index contributed by atoms with van der Waals surface area (Å²) in [6.07, 6.45) is 0. The quantitative estimate of drug-likeness (QED) is 0.610. The molecule has 5 nitrogen and oxygen atoms in total. The molecule has 0 aliphatic carbocycles. The molecule has 0 saturated carbocycles. The minimum absolute atomic E-state index is 0.0378. The number of hydrogen-bond acceptors (Lipinski definition) is 5. The topological polar surface area (TPSA) is 83.5 Å². The number of carboxylic acid groups (broad SMARTS) is 1. The van der Waals surface area contributed by atoms with Gasteiger partial charge in [-0.05, 0) is 38.1 Å². The van der Waals surface area contributed by atoms with E-state index in [4.69, 9.17) is 0 Å². The average molecular weight is 385 g/mol. The van der Waals surface area contributed by atoms with E-state index in [0.717, 1.165) is 22.5 Å². The fourth-order valence-corrected chi connectivity index (χ4v) is 4.16. The van der Waals surface area contributed by atoms with Crippen molar-refractivity contribution in [3.8, 4) is 10.4 Å². The highest BCUT2D eigenvalue weighted by Gasteiger charge is 2.19. The molecule has 0 aliphatic rings. The van der Waals surface area contributed by atoms with Gasteiger partial charge in [-0.2, -0.15) is 0 Å². The van der Waals surface area contributed by atoms with Crippen LogP contribution in [-0.2, 0) is 0 Å². The molecule has 2 aromatic heterocycles. The van der Waals surface area contributed by atoms with Gasteiger partial charge in [-0.1, -0.05) is 17.7 Å². The van der Waals surface area contributed by atoms with Crippen LogP contribution in [0.25, 0.3) is 10.4 Å². The zero-order valence-corrected chi connectivity index (χ0v) is 15.7. The Kier molecular flexibility index (Phi) is 5.01. The number of carbonyl (C=O) groups is 3. The molecule has 2 heterocycles. The van der Waals surface area contributed by atoms with E-state index in [-0.39, 0.29) is 22.3 Å². The lowest BCUT2D eigenvalue weighted by atomic mass is 10.1. The lowest BCUT2D eigenvalue weighted by Gasteiger charge is -2.04. The van der Waals surface area contributed by atoms with Crippen LogP contribution in [-0.4, -0.2) is 22.8 Å². The van der Waals surface area contributed by atoms with Crippen molar-refractivity contribution in [3.05, 3.63) is 62.7 Å². The summed E-state index contributed by atoms with van der Waals surface area (Å²) >= 11 is 2.38. The minimum atomic E-state index is -1.11. The number of nitrogens with one attached hydrogen (secondary N) is 1. The van der Waals surface area contributed by atoms with E-state index in [2.05, 4.69) is 5.32 Å². The van der Waals surface area contributed by atoms with Crippen LogP contribution in [0.4, 0.5) is 5.69 Å². The van der Waals surface area contributed by atoms with E-state index in [1.165, 1.54) is 18.3 Å². The first kappa shape index (κ1) is 18.0. The summed E-state index contributed by atoms with van der Waals surface area (Å²) in [5, 5.41) is 13.9. The fraction of sp³-hybridized carbons (Fsp3) is 0.105. The van der Waals surface area contributed by atoms with Gasteiger partial charge in [0.05, 0.1) is 10.6 Å². The van der Waals surface area contributed by atoms with Gasteiger partial charge in [0.25, 0.3) is 5.91 Å². The molecule has 7 heteroatoms. The third-order valence-electron chi connectivity index (χ3n) is 3.72. The maximum atomic E-state index is 12.4. The van der Waals surface area contributed by atoms with Gasteiger partial charge in [0, 0.05) is 21.4 Å². The summed E-state index contributed by atoms with van der Waals surface area (Å²) < 4.78 is 0. The SMILES string of the molecule is CC(=O)c1cc(-c2cc(NC(=O)c3ccc(C)cc3)c(C(=O)O)s2)cs1. The second-order valence-corrected chi connectivity index (χ2v) is 7.70. The number of rotatable bonds is 5. The number of amides is 1. The van der Waals surface area contributed by atoms with E-state index >= 15 is 0 Å². The van der Waals surface area contributed by atoms with Gasteiger partial charge in [-0.25, -0.2) is 4.79 Å². The van der Waals surface area contributed by atoms with Crippen molar-refractivity contribution < 1.29 is 19.5 Å². The molecule has 0 saturated heterocycles. The summed E-state index contributed by atoms with van der Waals surface area (Å²) in [5.41, 5.74) is 2.50. The van der Waals surface area contributed by atoms with Crippen LogP contribution in [0, 0.1) is 6.92 Å². The number of aromatic carboxylic acids is 1. The molecule has 0 radical (unpaired) electrons. The Hall–Kier alpha value is -2.77. The molecule has 3 aromatic rings. The van der Waals surface area contributed by atoms with E-state index in [1.54, 1.807) is 29.6 Å². The zero-order valence-electron chi connectivity index (χ0n) is 14.0. The fourth-order valence-electron chi connectivity index (χ4n) is 2.33. The molecule has 1 aromatic carbocycles. The molecule has 1 amide bonds. The standard InChI is InChI=1S/C19H15NO4S2/c1-10-3-5-12(6-4-10)18(22)20-14-8-16(26-17(14)19(23)24)13-7-15(11(2)21)25-9-13/h3-9H,1-2H3,(H,20,22)(H,23,24). The molecule has 0 bridgehead atoms. The number of Topliss-reactive ketones (excluding diaryl/α,β-unsaturated/α-hetero) is 1.